The molecule has 20 heavy (non-hydrogen) atoms. The highest BCUT2D eigenvalue weighted by molar-refractivity contribution is 5.79. The van der Waals surface area contributed by atoms with E-state index in [4.69, 9.17) is 10.00 Å². The van der Waals surface area contributed by atoms with E-state index in [0.717, 1.165) is 6.42 Å². The first kappa shape index (κ1) is 16.2. The van der Waals surface area contributed by atoms with Gasteiger partial charge in [0, 0.05) is 26.7 Å². The molecule has 1 saturated carbocycles. The number of nitriles is 1. The van der Waals surface area contributed by atoms with Gasteiger partial charge >= 0.3 is 12.0 Å². The number of hydrogen-bond donors (Lipinski definition) is 2. The zero-order valence-corrected chi connectivity index (χ0v) is 11.7. The zero-order chi connectivity index (χ0) is 15.0. The van der Waals surface area contributed by atoms with Crippen LogP contribution < -0.4 is 5.32 Å². The lowest BCUT2D eigenvalue weighted by molar-refractivity contribution is -0.153. The van der Waals surface area contributed by atoms with Crippen molar-refractivity contribution in [2.75, 3.05) is 33.4 Å². The van der Waals surface area contributed by atoms with Crippen LogP contribution in [0.15, 0.2) is 0 Å². The van der Waals surface area contributed by atoms with E-state index >= 15 is 0 Å². The first-order valence-corrected chi connectivity index (χ1v) is 6.68. The molecule has 7 heteroatoms. The van der Waals surface area contributed by atoms with Gasteiger partial charge in [0.1, 0.15) is 0 Å². The molecule has 0 radical (unpaired) electrons. The summed E-state index contributed by atoms with van der Waals surface area (Å²) in [6.07, 6.45) is 2.31. The molecule has 2 N–H and O–H groups in total. The molecule has 0 aromatic carbocycles. The van der Waals surface area contributed by atoms with Gasteiger partial charge in [-0.2, -0.15) is 5.26 Å². The number of amides is 2. The van der Waals surface area contributed by atoms with Crippen LogP contribution >= 0.6 is 0 Å². The number of carbonyl (C=O) groups excluding carboxylic acids is 1. The third-order valence-electron chi connectivity index (χ3n) is 3.69. The summed E-state index contributed by atoms with van der Waals surface area (Å²) in [6.45, 7) is 1.20. The van der Waals surface area contributed by atoms with E-state index in [0.29, 0.717) is 32.5 Å². The van der Waals surface area contributed by atoms with Gasteiger partial charge in [0.15, 0.2) is 0 Å². The van der Waals surface area contributed by atoms with Gasteiger partial charge in [0.2, 0.25) is 0 Å². The maximum atomic E-state index is 12.0. The fourth-order valence-electron chi connectivity index (χ4n) is 2.13. The van der Waals surface area contributed by atoms with Crippen molar-refractivity contribution in [1.82, 2.24) is 10.2 Å². The predicted molar refractivity (Wildman–Crippen MR) is 71.0 cm³/mol. The third kappa shape index (κ3) is 4.10. The van der Waals surface area contributed by atoms with Crippen molar-refractivity contribution < 1.29 is 19.4 Å². The molecule has 2 amide bonds. The Balaban J connectivity index is 2.48. The highest BCUT2D eigenvalue weighted by atomic mass is 16.5. The molecule has 0 saturated heterocycles. The monoisotopic (exact) mass is 283 g/mol. The Morgan fingerprint density at radius 2 is 2.15 bits per heavy atom. The number of carbonyl (C=O) groups is 2. The van der Waals surface area contributed by atoms with Crippen LogP contribution in [0.5, 0.6) is 0 Å². The lowest BCUT2D eigenvalue weighted by Gasteiger charge is -2.38. The fraction of sp³-hybridized carbons (Fsp3) is 0.769. The van der Waals surface area contributed by atoms with Crippen LogP contribution in [0, 0.1) is 16.7 Å². The maximum Gasteiger partial charge on any atom is 0.317 e. The van der Waals surface area contributed by atoms with Crippen molar-refractivity contribution in [3.8, 4) is 6.07 Å². The molecule has 0 spiro atoms. The van der Waals surface area contributed by atoms with E-state index in [2.05, 4.69) is 5.32 Å². The summed E-state index contributed by atoms with van der Waals surface area (Å²) in [5, 5.41) is 20.4. The third-order valence-corrected chi connectivity index (χ3v) is 3.69. The summed E-state index contributed by atoms with van der Waals surface area (Å²) >= 11 is 0. The smallest absolute Gasteiger partial charge is 0.317 e. The van der Waals surface area contributed by atoms with E-state index in [1.54, 1.807) is 0 Å². The summed E-state index contributed by atoms with van der Waals surface area (Å²) < 4.78 is 4.92. The molecule has 0 bridgehead atoms. The summed E-state index contributed by atoms with van der Waals surface area (Å²) in [6, 6.07) is 1.64. The Bertz CT molecular complexity index is 388. The molecular weight excluding hydrogens is 262 g/mol. The van der Waals surface area contributed by atoms with Crippen LogP contribution in [0.3, 0.4) is 0 Å². The second-order valence-corrected chi connectivity index (χ2v) is 4.99. The van der Waals surface area contributed by atoms with Crippen molar-refractivity contribution in [2.24, 2.45) is 5.41 Å². The summed E-state index contributed by atoms with van der Waals surface area (Å²) in [5.41, 5.74) is -0.808. The second kappa shape index (κ2) is 7.70. The second-order valence-electron chi connectivity index (χ2n) is 4.99. The topological polar surface area (TPSA) is 103 Å². The van der Waals surface area contributed by atoms with Gasteiger partial charge in [0.25, 0.3) is 0 Å². The van der Waals surface area contributed by atoms with Gasteiger partial charge in [0.05, 0.1) is 24.5 Å². The minimum atomic E-state index is -0.857. The predicted octanol–water partition coefficient (Wildman–Crippen LogP) is 0.813. The van der Waals surface area contributed by atoms with Gasteiger partial charge < -0.3 is 20.1 Å². The van der Waals surface area contributed by atoms with Gasteiger partial charge in [-0.05, 0) is 12.8 Å². The molecule has 0 atom stereocenters. The minimum absolute atomic E-state index is 0.136. The van der Waals surface area contributed by atoms with Crippen molar-refractivity contribution in [1.29, 1.82) is 5.26 Å². The summed E-state index contributed by atoms with van der Waals surface area (Å²) in [7, 11) is 1.54. The molecule has 0 aliphatic heterocycles. The maximum absolute atomic E-state index is 12.0. The Kier molecular flexibility index (Phi) is 6.25. The molecule has 0 unspecified atom stereocenters. The summed E-state index contributed by atoms with van der Waals surface area (Å²) in [5.74, 6) is -0.857. The van der Waals surface area contributed by atoms with Crippen LogP contribution in [0.2, 0.25) is 0 Å². The van der Waals surface area contributed by atoms with Crippen LogP contribution in [0.25, 0.3) is 0 Å². The fourth-order valence-corrected chi connectivity index (χ4v) is 2.13. The summed E-state index contributed by atoms with van der Waals surface area (Å²) in [4.78, 5) is 24.7. The average Bonchev–Trinajstić information content (AvgIpc) is 2.37. The van der Waals surface area contributed by atoms with E-state index in [1.807, 2.05) is 6.07 Å². The lowest BCUT2D eigenvalue weighted by atomic mass is 9.69. The first-order chi connectivity index (χ1) is 9.55. The number of aliphatic carboxylic acids is 1. The van der Waals surface area contributed by atoms with Gasteiger partial charge in [-0.3, -0.25) is 4.79 Å². The molecule has 0 heterocycles. The van der Waals surface area contributed by atoms with Gasteiger partial charge in [-0.25, -0.2) is 4.79 Å². The zero-order valence-electron chi connectivity index (χ0n) is 11.7. The Hall–Kier alpha value is -1.81. The van der Waals surface area contributed by atoms with E-state index in [9.17, 15) is 14.7 Å². The minimum Gasteiger partial charge on any atom is -0.481 e. The van der Waals surface area contributed by atoms with Crippen LogP contribution in [0.1, 0.15) is 25.7 Å². The van der Waals surface area contributed by atoms with Gasteiger partial charge in [-0.15, -0.1) is 0 Å². The normalized spacial score (nSPS) is 15.8. The molecular formula is C13H21N3O4. The van der Waals surface area contributed by atoms with E-state index in [-0.39, 0.29) is 19.0 Å². The van der Waals surface area contributed by atoms with E-state index < -0.39 is 11.4 Å². The number of methoxy groups -OCH3 is 1. The Labute approximate surface area is 118 Å². The molecule has 0 aromatic rings. The number of hydrogen-bond acceptors (Lipinski definition) is 4. The standard InChI is InChI=1S/C13H21N3O4/c1-20-9-8-16(7-3-6-14)12(19)15-10-13(11(17)18)4-2-5-13/h2-5,7-10H2,1H3,(H,15,19)(H,17,18). The molecule has 0 aromatic heterocycles. The number of ether oxygens (including phenoxy) is 1. The number of rotatable bonds is 8. The molecule has 1 aliphatic rings. The number of nitrogens with one attached hydrogen (secondary N) is 1. The Morgan fingerprint density at radius 1 is 1.45 bits per heavy atom. The van der Waals surface area contributed by atoms with Crippen LogP contribution in [-0.2, 0) is 9.53 Å². The molecule has 1 rings (SSSR count). The SMILES string of the molecule is COCCN(CCC#N)C(=O)NCC1(C(=O)O)CCC1. The molecule has 1 fully saturated rings. The highest BCUT2D eigenvalue weighted by Crippen LogP contribution is 2.40. The van der Waals surface area contributed by atoms with Crippen LogP contribution in [-0.4, -0.2) is 55.4 Å². The van der Waals surface area contributed by atoms with Crippen molar-refractivity contribution >= 4 is 12.0 Å². The molecule has 7 nitrogen and oxygen atoms in total. The van der Waals surface area contributed by atoms with E-state index in [1.165, 1.54) is 12.0 Å². The number of carboxylic acid groups (broad SMARTS) is 1. The van der Waals surface area contributed by atoms with Crippen molar-refractivity contribution in [3.05, 3.63) is 0 Å². The highest BCUT2D eigenvalue weighted by Gasteiger charge is 2.44. The first-order valence-electron chi connectivity index (χ1n) is 6.68. The Morgan fingerprint density at radius 3 is 2.60 bits per heavy atom. The number of nitrogens with zero attached hydrogens (tertiary/aromatic N) is 2. The van der Waals surface area contributed by atoms with Crippen molar-refractivity contribution in [2.45, 2.75) is 25.7 Å². The molecule has 1 aliphatic carbocycles. The number of urea groups is 1. The van der Waals surface area contributed by atoms with Crippen LogP contribution in [0.4, 0.5) is 4.79 Å². The largest absolute Gasteiger partial charge is 0.481 e. The molecule has 112 valence electrons. The quantitative estimate of drug-likeness (QED) is 0.686. The average molecular weight is 283 g/mol. The van der Waals surface area contributed by atoms with Crippen molar-refractivity contribution in [3.63, 3.8) is 0 Å². The lowest BCUT2D eigenvalue weighted by Crippen LogP contribution is -2.51. The number of carboxylic acids is 1. The van der Waals surface area contributed by atoms with Gasteiger partial charge in [-0.1, -0.05) is 6.42 Å².